The molecular weight excluding hydrogens is 360 g/mol. The second-order valence-electron chi connectivity index (χ2n) is 7.82. The fourth-order valence-corrected chi connectivity index (χ4v) is 4.02. The van der Waals surface area contributed by atoms with E-state index in [4.69, 9.17) is 15.7 Å². The molecule has 1 aromatic heterocycles. The Balaban J connectivity index is 1.84. The van der Waals surface area contributed by atoms with E-state index >= 15 is 0 Å². The lowest BCUT2D eigenvalue weighted by Gasteiger charge is -2.39. The van der Waals surface area contributed by atoms with Crippen molar-refractivity contribution in [1.29, 1.82) is 5.26 Å². The molecule has 9 nitrogen and oxygen atoms in total. The maximum Gasteiger partial charge on any atom is 0.357 e. The van der Waals surface area contributed by atoms with Crippen LogP contribution in [0.4, 0.5) is 11.5 Å². The lowest BCUT2D eigenvalue weighted by Crippen LogP contribution is -2.51. The molecule has 3 rings (SSSR count). The summed E-state index contributed by atoms with van der Waals surface area (Å²) in [6.45, 7) is 4.59. The average Bonchev–Trinajstić information content (AvgIpc) is 3.07. The van der Waals surface area contributed by atoms with E-state index in [-0.39, 0.29) is 23.4 Å². The number of carboxylic acids is 1. The van der Waals surface area contributed by atoms with Gasteiger partial charge in [0.15, 0.2) is 11.5 Å². The number of piperazine rings is 1. The van der Waals surface area contributed by atoms with Crippen LogP contribution in [0.5, 0.6) is 6.01 Å². The zero-order valence-corrected chi connectivity index (χ0v) is 16.5. The van der Waals surface area contributed by atoms with Gasteiger partial charge in [-0.1, -0.05) is 19.8 Å². The molecule has 0 spiro atoms. The molecule has 1 saturated heterocycles. The van der Waals surface area contributed by atoms with E-state index < -0.39 is 5.97 Å². The molecule has 2 fully saturated rings. The normalized spacial score (nSPS) is 25.5. The van der Waals surface area contributed by atoms with Gasteiger partial charge in [0.05, 0.1) is 19.1 Å². The fraction of sp³-hybridized carbons (Fsp3) is 0.684. The summed E-state index contributed by atoms with van der Waals surface area (Å²) in [6, 6.07) is 2.28. The Morgan fingerprint density at radius 3 is 2.82 bits per heavy atom. The van der Waals surface area contributed by atoms with Gasteiger partial charge in [0, 0.05) is 25.7 Å². The highest BCUT2D eigenvalue weighted by atomic mass is 16.5. The number of nitrogen functional groups attached to an aromatic ring is 1. The number of aromatic carboxylic acids is 1. The Kier molecular flexibility index (Phi) is 6.19. The Hall–Kier alpha value is -2.60. The number of carbonyl (C=O) groups is 1. The molecule has 1 aromatic rings. The van der Waals surface area contributed by atoms with Gasteiger partial charge in [-0.05, 0) is 25.3 Å². The molecule has 152 valence electrons. The summed E-state index contributed by atoms with van der Waals surface area (Å²) in [4.78, 5) is 24.2. The van der Waals surface area contributed by atoms with Crippen LogP contribution in [-0.4, -0.2) is 65.3 Å². The van der Waals surface area contributed by atoms with Crippen LogP contribution < -0.4 is 15.4 Å². The van der Waals surface area contributed by atoms with Gasteiger partial charge >= 0.3 is 12.0 Å². The zero-order valence-electron chi connectivity index (χ0n) is 16.5. The Labute approximate surface area is 165 Å². The van der Waals surface area contributed by atoms with Crippen molar-refractivity contribution in [2.75, 3.05) is 43.9 Å². The molecule has 0 amide bonds. The number of nitrogens with two attached hydrogens (primary N) is 1. The van der Waals surface area contributed by atoms with Gasteiger partial charge in [-0.15, -0.1) is 0 Å². The standard InChI is InChI=1S/C19H28N6O3/c1-12-4-3-5-13(12)11-28-19-22-16(18(26)27)15(21)17(23-19)25-9-8-24(2)14(10-25)6-7-20/h12-14H,3-6,8-11,21H2,1-2H3,(H,26,27)/t12?,13-,14-/m0/s1. The third-order valence-corrected chi connectivity index (χ3v) is 5.98. The molecule has 0 radical (unpaired) electrons. The van der Waals surface area contributed by atoms with Crippen molar-refractivity contribution in [2.24, 2.45) is 11.8 Å². The van der Waals surface area contributed by atoms with E-state index in [1.165, 1.54) is 12.8 Å². The van der Waals surface area contributed by atoms with Crippen molar-refractivity contribution < 1.29 is 14.6 Å². The van der Waals surface area contributed by atoms with Crippen LogP contribution in [0, 0.1) is 23.2 Å². The number of hydrogen-bond acceptors (Lipinski definition) is 8. The van der Waals surface area contributed by atoms with Crippen molar-refractivity contribution in [1.82, 2.24) is 14.9 Å². The number of anilines is 2. The van der Waals surface area contributed by atoms with Crippen LogP contribution in [0.25, 0.3) is 0 Å². The maximum atomic E-state index is 11.6. The number of carboxylic acid groups (broad SMARTS) is 1. The third kappa shape index (κ3) is 4.28. The molecule has 2 aliphatic rings. The number of ether oxygens (including phenoxy) is 1. The number of likely N-dealkylation sites (N-methyl/N-ethyl adjacent to an activating group) is 1. The molecule has 1 saturated carbocycles. The first-order chi connectivity index (χ1) is 13.4. The predicted molar refractivity (Wildman–Crippen MR) is 104 cm³/mol. The topological polar surface area (TPSA) is 129 Å². The van der Waals surface area contributed by atoms with Crippen molar-refractivity contribution in [2.45, 2.75) is 38.6 Å². The Morgan fingerprint density at radius 2 is 2.18 bits per heavy atom. The molecule has 2 heterocycles. The van der Waals surface area contributed by atoms with Crippen molar-refractivity contribution in [3.63, 3.8) is 0 Å². The summed E-state index contributed by atoms with van der Waals surface area (Å²) in [7, 11) is 1.97. The molecule has 3 N–H and O–H groups in total. The Bertz CT molecular complexity index is 765. The summed E-state index contributed by atoms with van der Waals surface area (Å²) in [5, 5.41) is 18.6. The summed E-state index contributed by atoms with van der Waals surface area (Å²) in [6.07, 6.45) is 3.85. The van der Waals surface area contributed by atoms with Crippen LogP contribution in [-0.2, 0) is 0 Å². The Morgan fingerprint density at radius 1 is 1.39 bits per heavy atom. The van der Waals surface area contributed by atoms with Gasteiger partial charge in [0.2, 0.25) is 0 Å². The largest absolute Gasteiger partial charge is 0.476 e. The quantitative estimate of drug-likeness (QED) is 0.746. The minimum atomic E-state index is -1.21. The zero-order chi connectivity index (χ0) is 20.3. The van der Waals surface area contributed by atoms with Gasteiger partial charge in [0.1, 0.15) is 5.69 Å². The molecule has 0 bridgehead atoms. The van der Waals surface area contributed by atoms with Gasteiger partial charge in [-0.3, -0.25) is 4.90 Å². The van der Waals surface area contributed by atoms with Gasteiger partial charge in [-0.25, -0.2) is 4.79 Å². The SMILES string of the molecule is CC1CCC[C@H]1COc1nc(C(=O)O)c(N)c(N2CCN(C)[C@@H](CC#N)C2)n1. The fourth-order valence-electron chi connectivity index (χ4n) is 4.02. The third-order valence-electron chi connectivity index (χ3n) is 5.98. The molecule has 3 atom stereocenters. The molecule has 1 aliphatic carbocycles. The number of nitriles is 1. The number of aromatic nitrogens is 2. The van der Waals surface area contributed by atoms with Crippen LogP contribution in [0.2, 0.25) is 0 Å². The van der Waals surface area contributed by atoms with Crippen molar-refractivity contribution in [3.8, 4) is 12.1 Å². The minimum absolute atomic E-state index is 0.0325. The van der Waals surface area contributed by atoms with E-state index in [2.05, 4.69) is 27.9 Å². The van der Waals surface area contributed by atoms with Crippen LogP contribution in [0.3, 0.4) is 0 Å². The van der Waals surface area contributed by atoms with Crippen molar-refractivity contribution >= 4 is 17.5 Å². The molecular formula is C19H28N6O3. The summed E-state index contributed by atoms with van der Waals surface area (Å²) in [5.41, 5.74) is 5.89. The number of rotatable bonds is 6. The van der Waals surface area contributed by atoms with E-state index in [0.29, 0.717) is 43.8 Å². The molecule has 0 aromatic carbocycles. The van der Waals surface area contributed by atoms with Crippen molar-refractivity contribution in [3.05, 3.63) is 5.69 Å². The summed E-state index contributed by atoms with van der Waals surface area (Å²) in [5.74, 6) is 0.180. The van der Waals surface area contributed by atoms with E-state index in [1.54, 1.807) is 0 Å². The van der Waals surface area contributed by atoms with E-state index in [0.717, 1.165) is 13.0 Å². The minimum Gasteiger partial charge on any atom is -0.476 e. The van der Waals surface area contributed by atoms with Gasteiger partial charge < -0.3 is 20.5 Å². The lowest BCUT2D eigenvalue weighted by molar-refractivity contribution is 0.0689. The molecule has 1 unspecified atom stereocenters. The number of hydrogen-bond donors (Lipinski definition) is 2. The number of nitrogens with zero attached hydrogens (tertiary/aromatic N) is 5. The maximum absolute atomic E-state index is 11.6. The first-order valence-corrected chi connectivity index (χ1v) is 9.76. The average molecular weight is 388 g/mol. The lowest BCUT2D eigenvalue weighted by atomic mass is 9.99. The van der Waals surface area contributed by atoms with Gasteiger partial charge in [-0.2, -0.15) is 15.2 Å². The predicted octanol–water partition coefficient (Wildman–Crippen LogP) is 1.61. The second kappa shape index (κ2) is 8.61. The van der Waals surface area contributed by atoms with Crippen LogP contribution >= 0.6 is 0 Å². The smallest absolute Gasteiger partial charge is 0.357 e. The second-order valence-corrected chi connectivity index (χ2v) is 7.82. The molecule has 9 heteroatoms. The highest BCUT2D eigenvalue weighted by molar-refractivity contribution is 5.94. The molecule has 1 aliphatic heterocycles. The van der Waals surface area contributed by atoms with E-state index in [1.807, 2.05) is 11.9 Å². The molecule has 28 heavy (non-hydrogen) atoms. The highest BCUT2D eigenvalue weighted by Gasteiger charge is 2.30. The summed E-state index contributed by atoms with van der Waals surface area (Å²) < 4.78 is 5.80. The first-order valence-electron chi connectivity index (χ1n) is 9.76. The summed E-state index contributed by atoms with van der Waals surface area (Å²) >= 11 is 0. The first kappa shape index (κ1) is 20.1. The van der Waals surface area contributed by atoms with E-state index in [9.17, 15) is 9.90 Å². The van der Waals surface area contributed by atoms with Gasteiger partial charge in [0.25, 0.3) is 0 Å². The van der Waals surface area contributed by atoms with Crippen LogP contribution in [0.15, 0.2) is 0 Å². The van der Waals surface area contributed by atoms with Crippen LogP contribution in [0.1, 0.15) is 43.1 Å². The monoisotopic (exact) mass is 388 g/mol. The highest BCUT2D eigenvalue weighted by Crippen LogP contribution is 2.32.